The zero-order valence-electron chi connectivity index (χ0n) is 16.6. The van der Waals surface area contributed by atoms with Crippen molar-refractivity contribution in [3.63, 3.8) is 0 Å². The van der Waals surface area contributed by atoms with Crippen LogP contribution >= 0.6 is 0 Å². The average molecular weight is 412 g/mol. The van der Waals surface area contributed by atoms with E-state index in [0.29, 0.717) is 18.9 Å². The Morgan fingerprint density at radius 3 is 2.45 bits per heavy atom. The summed E-state index contributed by atoms with van der Waals surface area (Å²) in [6, 6.07) is 17.5. The van der Waals surface area contributed by atoms with Crippen molar-refractivity contribution in [3.8, 4) is 0 Å². The number of hydrogen-bond acceptors (Lipinski definition) is 4. The number of nitrogens with one attached hydrogen (secondary N) is 1. The van der Waals surface area contributed by atoms with E-state index in [1.54, 1.807) is 17.0 Å². The Hall–Kier alpha value is -2.93. The number of hydrogen-bond donors (Lipinski definition) is 1. The number of amides is 1. The molecule has 3 aromatic rings. The van der Waals surface area contributed by atoms with Crippen LogP contribution in [0.5, 0.6) is 0 Å². The van der Waals surface area contributed by atoms with Crippen LogP contribution in [-0.2, 0) is 33.5 Å². The van der Waals surface area contributed by atoms with E-state index in [0.717, 1.165) is 16.7 Å². The van der Waals surface area contributed by atoms with Crippen LogP contribution in [0.15, 0.2) is 67.0 Å². The van der Waals surface area contributed by atoms with Crippen LogP contribution in [0.1, 0.15) is 29.4 Å². The zero-order valence-corrected chi connectivity index (χ0v) is 17.4. The highest BCUT2D eigenvalue weighted by Gasteiger charge is 2.29. The summed E-state index contributed by atoms with van der Waals surface area (Å²) in [4.78, 5) is 16.6. The highest BCUT2D eigenvalue weighted by Crippen LogP contribution is 2.13. The van der Waals surface area contributed by atoms with Gasteiger partial charge in [0.1, 0.15) is 16.8 Å². The molecule has 1 unspecified atom stereocenters. The summed E-state index contributed by atoms with van der Waals surface area (Å²) in [7, 11) is -3.70. The van der Waals surface area contributed by atoms with Gasteiger partial charge in [-0.05, 0) is 25.0 Å². The number of carbonyl (C=O) groups excluding carboxylic acids is 1. The van der Waals surface area contributed by atoms with E-state index in [1.807, 2.05) is 61.5 Å². The van der Waals surface area contributed by atoms with Crippen LogP contribution < -0.4 is 5.32 Å². The highest BCUT2D eigenvalue weighted by atomic mass is 32.2. The molecular weight excluding hydrogens is 386 g/mol. The third-order valence-corrected chi connectivity index (χ3v) is 6.77. The number of carbonyl (C=O) groups is 1. The molecule has 7 heteroatoms. The van der Waals surface area contributed by atoms with E-state index < -0.39 is 21.0 Å². The molecule has 152 valence electrons. The minimum Gasteiger partial charge on any atom is -0.351 e. The van der Waals surface area contributed by atoms with Gasteiger partial charge < -0.3 is 9.88 Å². The number of imidazole rings is 1. The summed E-state index contributed by atoms with van der Waals surface area (Å²) in [5.41, 5.74) is 3.10. The van der Waals surface area contributed by atoms with E-state index in [2.05, 4.69) is 10.3 Å². The molecule has 29 heavy (non-hydrogen) atoms. The number of rotatable bonds is 8. The Labute approximate surface area is 171 Å². The molecule has 1 aromatic heterocycles. The molecule has 1 N–H and O–H groups in total. The van der Waals surface area contributed by atoms with Crippen LogP contribution in [0.4, 0.5) is 0 Å². The van der Waals surface area contributed by atoms with Gasteiger partial charge in [-0.1, -0.05) is 60.2 Å². The van der Waals surface area contributed by atoms with Crippen molar-refractivity contribution < 1.29 is 13.2 Å². The number of aryl methyl sites for hydroxylation is 1. The molecule has 0 saturated heterocycles. The lowest BCUT2D eigenvalue weighted by molar-refractivity contribution is -0.120. The molecule has 0 bridgehead atoms. The van der Waals surface area contributed by atoms with Crippen molar-refractivity contribution in [2.45, 2.75) is 37.9 Å². The summed E-state index contributed by atoms with van der Waals surface area (Å²) in [6.07, 6.45) is 3.33. The average Bonchev–Trinajstić information content (AvgIpc) is 3.13. The van der Waals surface area contributed by atoms with Crippen molar-refractivity contribution in [3.05, 3.63) is 89.5 Å². The van der Waals surface area contributed by atoms with Crippen molar-refractivity contribution in [2.24, 2.45) is 0 Å². The molecular formula is C22H25N3O3S. The molecule has 0 saturated carbocycles. The van der Waals surface area contributed by atoms with Gasteiger partial charge in [-0.3, -0.25) is 4.79 Å². The molecule has 3 rings (SSSR count). The first kappa shape index (κ1) is 20.8. The topological polar surface area (TPSA) is 81.1 Å². The lowest BCUT2D eigenvalue weighted by Crippen LogP contribution is -2.38. The second-order valence-corrected chi connectivity index (χ2v) is 9.43. The first-order valence-corrected chi connectivity index (χ1v) is 11.2. The van der Waals surface area contributed by atoms with Crippen LogP contribution in [0, 0.1) is 6.92 Å². The van der Waals surface area contributed by atoms with Crippen molar-refractivity contribution in [1.29, 1.82) is 0 Å². The molecule has 0 aliphatic rings. The maximum Gasteiger partial charge on any atom is 0.238 e. The summed E-state index contributed by atoms with van der Waals surface area (Å²) in [5, 5.41) is 1.56. The van der Waals surface area contributed by atoms with Crippen molar-refractivity contribution in [1.82, 2.24) is 14.9 Å². The number of nitrogens with zero attached hydrogens (tertiary/aromatic N) is 2. The summed E-state index contributed by atoms with van der Waals surface area (Å²) >= 11 is 0. The first-order chi connectivity index (χ1) is 13.8. The Bertz CT molecular complexity index is 1060. The molecule has 0 aliphatic carbocycles. The van der Waals surface area contributed by atoms with Crippen LogP contribution in [0.2, 0.25) is 0 Å². The van der Waals surface area contributed by atoms with E-state index in [1.165, 1.54) is 6.92 Å². The molecule has 1 heterocycles. The number of benzene rings is 2. The quantitative estimate of drug-likeness (QED) is 0.618. The Kier molecular flexibility index (Phi) is 6.49. The van der Waals surface area contributed by atoms with E-state index in [-0.39, 0.29) is 5.75 Å². The Morgan fingerprint density at radius 2 is 1.76 bits per heavy atom. The molecule has 2 aromatic carbocycles. The largest absolute Gasteiger partial charge is 0.351 e. The lowest BCUT2D eigenvalue weighted by atomic mass is 10.1. The highest BCUT2D eigenvalue weighted by molar-refractivity contribution is 7.92. The van der Waals surface area contributed by atoms with E-state index in [4.69, 9.17) is 0 Å². The van der Waals surface area contributed by atoms with Gasteiger partial charge in [-0.15, -0.1) is 0 Å². The SMILES string of the molecule is Cc1ccc(CNC(=O)C(C)S(=O)(=O)Cc2nccn2Cc2ccccc2)cc1. The van der Waals surface area contributed by atoms with Crippen LogP contribution in [0.25, 0.3) is 0 Å². The first-order valence-electron chi connectivity index (χ1n) is 9.44. The molecule has 1 atom stereocenters. The van der Waals surface area contributed by atoms with Gasteiger partial charge in [0.2, 0.25) is 5.91 Å². The molecule has 0 radical (unpaired) electrons. The fourth-order valence-corrected chi connectivity index (χ4v) is 4.17. The minimum atomic E-state index is -3.70. The van der Waals surface area contributed by atoms with Crippen LogP contribution in [-0.4, -0.2) is 29.1 Å². The van der Waals surface area contributed by atoms with Crippen LogP contribution in [0.3, 0.4) is 0 Å². The lowest BCUT2D eigenvalue weighted by Gasteiger charge is -2.14. The van der Waals surface area contributed by atoms with E-state index >= 15 is 0 Å². The van der Waals surface area contributed by atoms with Gasteiger partial charge in [0, 0.05) is 25.5 Å². The number of sulfone groups is 1. The summed E-state index contributed by atoms with van der Waals surface area (Å²) < 4.78 is 27.4. The fraction of sp³-hybridized carbons (Fsp3) is 0.273. The Morgan fingerprint density at radius 1 is 1.07 bits per heavy atom. The van der Waals surface area contributed by atoms with Gasteiger partial charge in [-0.2, -0.15) is 0 Å². The zero-order chi connectivity index (χ0) is 20.9. The van der Waals surface area contributed by atoms with E-state index in [9.17, 15) is 13.2 Å². The second-order valence-electron chi connectivity index (χ2n) is 7.11. The number of aromatic nitrogens is 2. The molecule has 1 amide bonds. The van der Waals surface area contributed by atoms with Gasteiger partial charge in [-0.25, -0.2) is 13.4 Å². The van der Waals surface area contributed by atoms with Crippen molar-refractivity contribution in [2.75, 3.05) is 0 Å². The predicted molar refractivity (Wildman–Crippen MR) is 113 cm³/mol. The predicted octanol–water partition coefficient (Wildman–Crippen LogP) is 2.86. The maximum atomic E-state index is 12.8. The van der Waals surface area contributed by atoms with Gasteiger partial charge in [0.05, 0.1) is 0 Å². The summed E-state index contributed by atoms with van der Waals surface area (Å²) in [6.45, 7) is 4.23. The standard InChI is InChI=1S/C22H25N3O3S/c1-17-8-10-19(11-9-17)14-24-22(26)18(2)29(27,28)16-21-23-12-13-25(21)15-20-6-4-3-5-7-20/h3-13,18H,14-16H2,1-2H3,(H,24,26). The van der Waals surface area contributed by atoms with Gasteiger partial charge >= 0.3 is 0 Å². The van der Waals surface area contributed by atoms with Gasteiger partial charge in [0.25, 0.3) is 0 Å². The Balaban J connectivity index is 1.63. The second kappa shape index (κ2) is 9.05. The smallest absolute Gasteiger partial charge is 0.238 e. The monoisotopic (exact) mass is 411 g/mol. The fourth-order valence-electron chi connectivity index (χ4n) is 2.91. The normalized spacial score (nSPS) is 12.5. The van der Waals surface area contributed by atoms with Gasteiger partial charge in [0.15, 0.2) is 9.84 Å². The minimum absolute atomic E-state index is 0.286. The molecule has 0 spiro atoms. The summed E-state index contributed by atoms with van der Waals surface area (Å²) in [5.74, 6) is -0.370. The molecule has 6 nitrogen and oxygen atoms in total. The third kappa shape index (κ3) is 5.54. The molecule has 0 aliphatic heterocycles. The molecule has 0 fully saturated rings. The van der Waals surface area contributed by atoms with Crippen molar-refractivity contribution >= 4 is 15.7 Å². The maximum absolute atomic E-state index is 12.8. The third-order valence-electron chi connectivity index (χ3n) is 4.82.